The fourth-order valence-electron chi connectivity index (χ4n) is 2.19. The minimum atomic E-state index is -0.296. The Morgan fingerprint density at radius 1 is 1.00 bits per heavy atom. The van der Waals surface area contributed by atoms with E-state index in [1.807, 2.05) is 60.7 Å². The van der Waals surface area contributed by atoms with Crippen LogP contribution in [0.2, 0.25) is 0 Å². The minimum Gasteiger partial charge on any atom is -0.493 e. The number of hydrogen-bond acceptors (Lipinski definition) is 6. The van der Waals surface area contributed by atoms with E-state index in [9.17, 15) is 0 Å². The summed E-state index contributed by atoms with van der Waals surface area (Å²) in [6.45, 7) is 0.572. The second kappa shape index (κ2) is 8.52. The molecule has 0 amide bonds. The molecule has 0 saturated carbocycles. The van der Waals surface area contributed by atoms with Gasteiger partial charge in [0.15, 0.2) is 0 Å². The normalized spacial score (nSPS) is 12.0. The van der Waals surface area contributed by atoms with Crippen molar-refractivity contribution in [3.8, 4) is 5.75 Å². The van der Waals surface area contributed by atoms with Gasteiger partial charge in [0.25, 0.3) is 5.22 Å². The predicted molar refractivity (Wildman–Crippen MR) is 94.0 cm³/mol. The third-order valence-corrected chi connectivity index (χ3v) is 4.14. The van der Waals surface area contributed by atoms with Crippen molar-refractivity contribution < 1.29 is 9.15 Å². The van der Waals surface area contributed by atoms with Gasteiger partial charge in [0, 0.05) is 5.75 Å². The summed E-state index contributed by atoms with van der Waals surface area (Å²) in [6.07, 6.45) is 0.671. The van der Waals surface area contributed by atoms with Crippen LogP contribution in [0.1, 0.15) is 17.5 Å². The van der Waals surface area contributed by atoms with Gasteiger partial charge in [0.2, 0.25) is 5.89 Å². The van der Waals surface area contributed by atoms with Crippen LogP contribution in [0.4, 0.5) is 0 Å². The van der Waals surface area contributed by atoms with Gasteiger partial charge in [0.05, 0.1) is 12.6 Å². The van der Waals surface area contributed by atoms with Gasteiger partial charge < -0.3 is 14.9 Å². The molecule has 0 aliphatic heterocycles. The lowest BCUT2D eigenvalue weighted by Gasteiger charge is -2.06. The van der Waals surface area contributed by atoms with E-state index in [1.165, 1.54) is 11.8 Å². The molecule has 6 heteroatoms. The Hall–Kier alpha value is -2.31. The van der Waals surface area contributed by atoms with Crippen molar-refractivity contribution in [1.82, 2.24) is 10.2 Å². The average Bonchev–Trinajstić information content (AvgIpc) is 3.10. The van der Waals surface area contributed by atoms with Gasteiger partial charge in [-0.3, -0.25) is 0 Å². The lowest BCUT2D eigenvalue weighted by Crippen LogP contribution is -2.13. The zero-order valence-electron chi connectivity index (χ0n) is 13.2. The van der Waals surface area contributed by atoms with E-state index < -0.39 is 0 Å². The van der Waals surface area contributed by atoms with Gasteiger partial charge in [-0.2, -0.15) is 0 Å². The summed E-state index contributed by atoms with van der Waals surface area (Å²) in [7, 11) is 0. The van der Waals surface area contributed by atoms with Gasteiger partial charge in [-0.1, -0.05) is 60.3 Å². The maximum Gasteiger partial charge on any atom is 0.276 e. The first kappa shape index (κ1) is 16.5. The molecule has 5 nitrogen and oxygen atoms in total. The molecule has 0 bridgehead atoms. The van der Waals surface area contributed by atoms with Crippen molar-refractivity contribution in [1.29, 1.82) is 0 Å². The number of thioether (sulfide) groups is 1. The van der Waals surface area contributed by atoms with Crippen LogP contribution in [0.15, 0.2) is 70.3 Å². The first-order valence-corrected chi connectivity index (χ1v) is 8.73. The summed E-state index contributed by atoms with van der Waals surface area (Å²) in [4.78, 5) is 0. The summed E-state index contributed by atoms with van der Waals surface area (Å²) in [5.41, 5.74) is 7.29. The highest BCUT2D eigenvalue weighted by atomic mass is 32.2. The van der Waals surface area contributed by atoms with Crippen LogP contribution < -0.4 is 10.5 Å². The van der Waals surface area contributed by atoms with Gasteiger partial charge >= 0.3 is 0 Å². The summed E-state index contributed by atoms with van der Waals surface area (Å²) in [5, 5.41) is 8.60. The second-order valence-electron chi connectivity index (χ2n) is 5.21. The first-order valence-electron chi connectivity index (χ1n) is 7.75. The third kappa shape index (κ3) is 4.84. The highest BCUT2D eigenvalue weighted by Gasteiger charge is 2.15. The third-order valence-electron chi connectivity index (χ3n) is 3.36. The van der Waals surface area contributed by atoms with Crippen molar-refractivity contribution in [3.05, 3.63) is 72.1 Å². The molecule has 0 aliphatic rings. The number of nitrogens with zero attached hydrogens (tertiary/aromatic N) is 2. The molecule has 0 aliphatic carbocycles. The highest BCUT2D eigenvalue weighted by Crippen LogP contribution is 2.21. The molecule has 0 saturated heterocycles. The zero-order valence-corrected chi connectivity index (χ0v) is 14.0. The van der Waals surface area contributed by atoms with E-state index in [0.717, 1.165) is 17.1 Å². The topological polar surface area (TPSA) is 74.2 Å². The van der Waals surface area contributed by atoms with Crippen LogP contribution in [-0.4, -0.2) is 22.6 Å². The number of nitrogens with two attached hydrogens (primary N) is 1. The molecule has 0 spiro atoms. The van der Waals surface area contributed by atoms with E-state index in [1.54, 1.807) is 0 Å². The predicted octanol–water partition coefficient (Wildman–Crippen LogP) is 3.48. The molecule has 0 radical (unpaired) electrons. The van der Waals surface area contributed by atoms with E-state index in [-0.39, 0.29) is 6.04 Å². The van der Waals surface area contributed by atoms with E-state index in [4.69, 9.17) is 14.9 Å². The Morgan fingerprint density at radius 2 is 1.71 bits per heavy atom. The Bertz CT molecular complexity index is 734. The van der Waals surface area contributed by atoms with E-state index >= 15 is 0 Å². The molecule has 24 heavy (non-hydrogen) atoms. The Labute approximate surface area is 145 Å². The largest absolute Gasteiger partial charge is 0.493 e. The smallest absolute Gasteiger partial charge is 0.276 e. The number of aromatic nitrogens is 2. The van der Waals surface area contributed by atoms with Crippen molar-refractivity contribution >= 4 is 11.8 Å². The van der Waals surface area contributed by atoms with Crippen LogP contribution in [0.3, 0.4) is 0 Å². The summed E-state index contributed by atoms with van der Waals surface area (Å²) < 4.78 is 11.3. The monoisotopic (exact) mass is 341 g/mol. The van der Waals surface area contributed by atoms with Crippen LogP contribution >= 0.6 is 11.8 Å². The van der Waals surface area contributed by atoms with Crippen molar-refractivity contribution in [2.75, 3.05) is 12.4 Å². The quantitative estimate of drug-likeness (QED) is 0.499. The van der Waals surface area contributed by atoms with Crippen molar-refractivity contribution in [2.45, 2.75) is 17.7 Å². The van der Waals surface area contributed by atoms with Crippen LogP contribution in [0.25, 0.3) is 0 Å². The van der Waals surface area contributed by atoms with E-state index in [0.29, 0.717) is 24.1 Å². The summed E-state index contributed by atoms with van der Waals surface area (Å²) >= 11 is 1.46. The van der Waals surface area contributed by atoms with Crippen LogP contribution in [0, 0.1) is 0 Å². The Morgan fingerprint density at radius 3 is 2.46 bits per heavy atom. The number of ether oxygens (including phenoxy) is 1. The number of rotatable bonds is 8. The van der Waals surface area contributed by atoms with Crippen LogP contribution in [0.5, 0.6) is 5.75 Å². The SMILES string of the molecule is NC(Cc1ccccc1)c1nnc(SCCOc2ccccc2)o1. The average molecular weight is 341 g/mol. The number of hydrogen-bond donors (Lipinski definition) is 1. The molecule has 2 N–H and O–H groups in total. The lowest BCUT2D eigenvalue weighted by molar-refractivity contribution is 0.342. The molecule has 124 valence electrons. The first-order chi connectivity index (χ1) is 11.8. The highest BCUT2D eigenvalue weighted by molar-refractivity contribution is 7.99. The Kier molecular flexibility index (Phi) is 5.87. The fourth-order valence-corrected chi connectivity index (χ4v) is 2.77. The summed E-state index contributed by atoms with van der Waals surface area (Å²) in [6, 6.07) is 19.4. The van der Waals surface area contributed by atoms with E-state index in [2.05, 4.69) is 10.2 Å². The molecule has 0 fully saturated rings. The molecule has 3 aromatic rings. The fraction of sp³-hybridized carbons (Fsp3) is 0.222. The molecular weight excluding hydrogens is 322 g/mol. The van der Waals surface area contributed by atoms with Crippen molar-refractivity contribution in [3.63, 3.8) is 0 Å². The van der Waals surface area contributed by atoms with Gasteiger partial charge in [0.1, 0.15) is 5.75 Å². The molecule has 1 heterocycles. The maximum absolute atomic E-state index is 6.14. The van der Waals surface area contributed by atoms with Gasteiger partial charge in [-0.15, -0.1) is 10.2 Å². The second-order valence-corrected chi connectivity index (χ2v) is 6.26. The van der Waals surface area contributed by atoms with Crippen LogP contribution in [-0.2, 0) is 6.42 Å². The summed E-state index contributed by atoms with van der Waals surface area (Å²) in [5.74, 6) is 2.05. The van der Waals surface area contributed by atoms with Gasteiger partial charge in [-0.05, 0) is 24.1 Å². The molecule has 2 aromatic carbocycles. The minimum absolute atomic E-state index is 0.296. The Balaban J connectivity index is 1.45. The number of para-hydroxylation sites is 1. The number of benzene rings is 2. The molecular formula is C18H19N3O2S. The standard InChI is InChI=1S/C18H19N3O2S/c19-16(13-14-7-3-1-4-8-14)17-20-21-18(23-17)24-12-11-22-15-9-5-2-6-10-15/h1-10,16H,11-13,19H2. The zero-order chi connectivity index (χ0) is 16.6. The van der Waals surface area contributed by atoms with Gasteiger partial charge in [-0.25, -0.2) is 0 Å². The molecule has 1 unspecified atom stereocenters. The van der Waals surface area contributed by atoms with Crippen molar-refractivity contribution in [2.24, 2.45) is 5.73 Å². The maximum atomic E-state index is 6.14. The molecule has 1 aromatic heterocycles. The molecule has 1 atom stereocenters. The lowest BCUT2D eigenvalue weighted by atomic mass is 10.1. The molecule has 3 rings (SSSR count).